The Bertz CT molecular complexity index is 1240. The first kappa shape index (κ1) is 26.3. The van der Waals surface area contributed by atoms with Crippen LogP contribution in [0, 0.1) is 0 Å². The lowest BCUT2D eigenvalue weighted by Gasteiger charge is -2.22. The second kappa shape index (κ2) is 11.1. The number of nitrogens with one attached hydrogen (secondary N) is 2. The second-order valence-electron chi connectivity index (χ2n) is 8.69. The van der Waals surface area contributed by atoms with Crippen LogP contribution in [-0.4, -0.2) is 33.0 Å². The number of alkyl halides is 3. The Morgan fingerprint density at radius 2 is 1.68 bits per heavy atom. The molecule has 0 aliphatic carbocycles. The van der Waals surface area contributed by atoms with Gasteiger partial charge in [-0.25, -0.2) is 9.97 Å². The smallest absolute Gasteiger partial charge is 0.373 e. The van der Waals surface area contributed by atoms with Crippen molar-refractivity contribution >= 4 is 11.8 Å². The van der Waals surface area contributed by atoms with Gasteiger partial charge in [-0.2, -0.15) is 13.2 Å². The minimum absolute atomic E-state index is 0.171. The number of ether oxygens (including phenoxy) is 1. The molecule has 0 fully saturated rings. The molecule has 4 rings (SSSR count). The standard InChI is InChI=1S/C26H28F3N5O3/c1-3-19(16-6-8-17(9-7-16)26(27,28)29)32-25(36)21-14-18(22-15-37-13-12-34(21)22)24(35)33-20(4-2)23-30-10-5-11-31-23/h5-11,14,19-20H,3-4,12-13,15H2,1-2H3,(H,32,36)(H,33,35). The Kier molecular flexibility index (Phi) is 7.91. The predicted octanol–water partition coefficient (Wildman–Crippen LogP) is 4.59. The Labute approximate surface area is 212 Å². The van der Waals surface area contributed by atoms with Crippen molar-refractivity contribution in [2.45, 2.75) is 58.1 Å². The maximum absolute atomic E-state index is 13.3. The molecular formula is C26H28F3N5O3. The van der Waals surface area contributed by atoms with Gasteiger partial charge in [0.25, 0.3) is 11.8 Å². The van der Waals surface area contributed by atoms with Crippen molar-refractivity contribution in [1.29, 1.82) is 0 Å². The number of rotatable bonds is 8. The summed E-state index contributed by atoms with van der Waals surface area (Å²) in [6.07, 6.45) is -0.183. The van der Waals surface area contributed by atoms with Gasteiger partial charge in [-0.05, 0) is 42.7 Å². The van der Waals surface area contributed by atoms with Gasteiger partial charge in [0.1, 0.15) is 11.5 Å². The highest BCUT2D eigenvalue weighted by Crippen LogP contribution is 2.30. The van der Waals surface area contributed by atoms with Crippen molar-refractivity contribution in [3.8, 4) is 0 Å². The van der Waals surface area contributed by atoms with E-state index in [1.165, 1.54) is 18.2 Å². The van der Waals surface area contributed by atoms with Crippen LogP contribution in [0.4, 0.5) is 13.2 Å². The number of benzene rings is 1. The summed E-state index contributed by atoms with van der Waals surface area (Å²) in [5.74, 6) is -0.308. The number of fused-ring (bicyclic) bond motifs is 1. The first-order valence-electron chi connectivity index (χ1n) is 12.1. The van der Waals surface area contributed by atoms with Crippen LogP contribution < -0.4 is 10.6 Å². The monoisotopic (exact) mass is 515 g/mol. The van der Waals surface area contributed by atoms with Gasteiger partial charge in [-0.15, -0.1) is 0 Å². The molecule has 2 amide bonds. The summed E-state index contributed by atoms with van der Waals surface area (Å²) in [6.45, 7) is 4.69. The molecule has 3 heterocycles. The average Bonchev–Trinajstić information content (AvgIpc) is 3.30. The number of halogens is 3. The van der Waals surface area contributed by atoms with Crippen LogP contribution in [0.1, 0.15) is 82.3 Å². The molecule has 8 nitrogen and oxygen atoms in total. The summed E-state index contributed by atoms with van der Waals surface area (Å²) in [6, 6.07) is 7.06. The lowest BCUT2D eigenvalue weighted by atomic mass is 10.0. The fraction of sp³-hybridized carbons (Fsp3) is 0.385. The van der Waals surface area contributed by atoms with Gasteiger partial charge in [0, 0.05) is 18.9 Å². The van der Waals surface area contributed by atoms with E-state index >= 15 is 0 Å². The van der Waals surface area contributed by atoms with E-state index in [0.717, 1.165) is 12.1 Å². The van der Waals surface area contributed by atoms with Crippen molar-refractivity contribution in [2.75, 3.05) is 6.61 Å². The Balaban J connectivity index is 1.56. The predicted molar refractivity (Wildman–Crippen MR) is 129 cm³/mol. The molecule has 1 aromatic carbocycles. The number of carbonyl (C=O) groups is 2. The van der Waals surface area contributed by atoms with Gasteiger partial charge in [-0.1, -0.05) is 26.0 Å². The molecule has 2 unspecified atom stereocenters. The van der Waals surface area contributed by atoms with Crippen molar-refractivity contribution in [3.63, 3.8) is 0 Å². The van der Waals surface area contributed by atoms with E-state index in [9.17, 15) is 22.8 Å². The van der Waals surface area contributed by atoms with Crippen molar-refractivity contribution < 1.29 is 27.5 Å². The maximum atomic E-state index is 13.3. The number of carbonyl (C=O) groups excluding carboxylic acids is 2. The fourth-order valence-corrected chi connectivity index (χ4v) is 4.34. The summed E-state index contributed by atoms with van der Waals surface area (Å²) < 4.78 is 46.1. The normalized spacial score (nSPS) is 14.9. The van der Waals surface area contributed by atoms with E-state index in [-0.39, 0.29) is 18.2 Å². The van der Waals surface area contributed by atoms with Crippen molar-refractivity contribution in [2.24, 2.45) is 0 Å². The number of aromatic nitrogens is 3. The zero-order chi connectivity index (χ0) is 26.6. The van der Waals surface area contributed by atoms with E-state index in [1.807, 2.05) is 13.8 Å². The third-order valence-electron chi connectivity index (χ3n) is 6.35. The molecule has 2 N–H and O–H groups in total. The molecule has 1 aliphatic rings. The van der Waals surface area contributed by atoms with Gasteiger partial charge < -0.3 is 19.9 Å². The molecule has 196 valence electrons. The topological polar surface area (TPSA) is 98.1 Å². The molecule has 0 radical (unpaired) electrons. The second-order valence-corrected chi connectivity index (χ2v) is 8.69. The van der Waals surface area contributed by atoms with Crippen LogP contribution in [0.5, 0.6) is 0 Å². The Morgan fingerprint density at radius 1 is 1.03 bits per heavy atom. The first-order chi connectivity index (χ1) is 17.7. The van der Waals surface area contributed by atoms with E-state index in [1.54, 1.807) is 23.0 Å². The van der Waals surface area contributed by atoms with Crippen LogP contribution in [-0.2, 0) is 24.1 Å². The van der Waals surface area contributed by atoms with Crippen LogP contribution in [0.2, 0.25) is 0 Å². The molecule has 2 aromatic heterocycles. The van der Waals surface area contributed by atoms with Crippen LogP contribution in [0.15, 0.2) is 48.8 Å². The third kappa shape index (κ3) is 5.82. The first-order valence-corrected chi connectivity index (χ1v) is 12.1. The molecule has 37 heavy (non-hydrogen) atoms. The highest BCUT2D eigenvalue weighted by Gasteiger charge is 2.31. The van der Waals surface area contributed by atoms with Crippen molar-refractivity contribution in [3.05, 3.63) is 82.7 Å². The van der Waals surface area contributed by atoms with Crippen LogP contribution in [0.25, 0.3) is 0 Å². The lowest BCUT2D eigenvalue weighted by Crippen LogP contribution is -2.31. The van der Waals surface area contributed by atoms with Gasteiger partial charge in [0.15, 0.2) is 0 Å². The molecule has 1 aliphatic heterocycles. The quantitative estimate of drug-likeness (QED) is 0.457. The summed E-state index contributed by atoms with van der Waals surface area (Å²) >= 11 is 0. The summed E-state index contributed by atoms with van der Waals surface area (Å²) in [5.41, 5.74) is 1.00. The number of amides is 2. The van der Waals surface area contributed by atoms with Crippen LogP contribution in [0.3, 0.4) is 0 Å². The third-order valence-corrected chi connectivity index (χ3v) is 6.35. The SMILES string of the molecule is CCC(NC(=O)c1cc(C(=O)NC(CC)c2ncccn2)c2n1CCOC2)c1ccc(C(F)(F)F)cc1. The minimum Gasteiger partial charge on any atom is -0.373 e. The van der Waals surface area contributed by atoms with E-state index in [2.05, 4.69) is 20.6 Å². The summed E-state index contributed by atoms with van der Waals surface area (Å²) in [5, 5.41) is 5.84. The van der Waals surface area contributed by atoms with Gasteiger partial charge >= 0.3 is 6.18 Å². The largest absolute Gasteiger partial charge is 0.416 e. The highest BCUT2D eigenvalue weighted by molar-refractivity contribution is 6.01. The molecular weight excluding hydrogens is 487 g/mol. The zero-order valence-corrected chi connectivity index (χ0v) is 20.5. The van der Waals surface area contributed by atoms with Gasteiger partial charge in [0.2, 0.25) is 0 Å². The molecule has 0 saturated heterocycles. The summed E-state index contributed by atoms with van der Waals surface area (Å²) in [7, 11) is 0. The number of nitrogens with zero attached hydrogens (tertiary/aromatic N) is 3. The zero-order valence-electron chi connectivity index (χ0n) is 20.5. The van der Waals surface area contributed by atoms with E-state index in [4.69, 9.17) is 4.74 Å². The van der Waals surface area contributed by atoms with Gasteiger partial charge in [-0.3, -0.25) is 9.59 Å². The average molecular weight is 516 g/mol. The minimum atomic E-state index is -4.43. The lowest BCUT2D eigenvalue weighted by molar-refractivity contribution is -0.137. The van der Waals surface area contributed by atoms with Crippen LogP contribution >= 0.6 is 0 Å². The van der Waals surface area contributed by atoms with Gasteiger partial charge in [0.05, 0.1) is 42.1 Å². The van der Waals surface area contributed by atoms with E-state index < -0.39 is 29.7 Å². The summed E-state index contributed by atoms with van der Waals surface area (Å²) in [4.78, 5) is 35.0. The number of hydrogen-bond donors (Lipinski definition) is 2. The molecule has 3 aromatic rings. The maximum Gasteiger partial charge on any atom is 0.416 e. The fourth-order valence-electron chi connectivity index (χ4n) is 4.34. The Hall–Kier alpha value is -3.73. The molecule has 0 bridgehead atoms. The highest BCUT2D eigenvalue weighted by atomic mass is 19.4. The number of hydrogen-bond acceptors (Lipinski definition) is 5. The Morgan fingerprint density at radius 3 is 2.30 bits per heavy atom. The molecule has 2 atom stereocenters. The van der Waals surface area contributed by atoms with E-state index in [0.29, 0.717) is 48.6 Å². The molecule has 0 spiro atoms. The molecule has 0 saturated carbocycles. The molecule has 11 heteroatoms. The van der Waals surface area contributed by atoms with Crippen molar-refractivity contribution in [1.82, 2.24) is 25.2 Å².